The second-order valence-corrected chi connectivity index (χ2v) is 5.92. The molecule has 0 bridgehead atoms. The molecule has 2 aromatic rings. The van der Waals surface area contributed by atoms with E-state index in [0.29, 0.717) is 12.0 Å². The van der Waals surface area contributed by atoms with Crippen LogP contribution in [-0.2, 0) is 11.2 Å². The van der Waals surface area contributed by atoms with Gasteiger partial charge in [0.25, 0.3) is 0 Å². The molecule has 3 nitrogen and oxygen atoms in total. The molecule has 1 unspecified atom stereocenters. The van der Waals surface area contributed by atoms with E-state index in [-0.39, 0.29) is 18.1 Å². The van der Waals surface area contributed by atoms with Gasteiger partial charge in [0.1, 0.15) is 5.76 Å². The number of benzene rings is 2. The molecular weight excluding hydrogens is 300 g/mol. The van der Waals surface area contributed by atoms with E-state index < -0.39 is 5.97 Å². The Morgan fingerprint density at radius 3 is 2.58 bits per heavy atom. The Hall–Kier alpha value is -2.81. The van der Waals surface area contributed by atoms with Gasteiger partial charge in [0.2, 0.25) is 0 Å². The molecule has 0 radical (unpaired) electrons. The fraction of sp³-hybridized carbons (Fsp3) is 0.190. The van der Waals surface area contributed by atoms with Crippen LogP contribution in [0.1, 0.15) is 28.7 Å². The number of aliphatic hydroxyl groups is 1. The number of carboxylic acid groups (broad SMARTS) is 1. The summed E-state index contributed by atoms with van der Waals surface area (Å²) in [6, 6.07) is 15.4. The summed E-state index contributed by atoms with van der Waals surface area (Å²) in [5.74, 6) is -0.927. The monoisotopic (exact) mass is 322 g/mol. The largest absolute Gasteiger partial charge is 0.508 e. The average molecular weight is 322 g/mol. The van der Waals surface area contributed by atoms with Crippen molar-refractivity contribution in [2.45, 2.75) is 19.8 Å². The summed E-state index contributed by atoms with van der Waals surface area (Å²) in [5, 5.41) is 18.7. The molecule has 124 valence electrons. The number of carbonyl (C=O) groups is 1. The second kappa shape index (κ2) is 8.16. The van der Waals surface area contributed by atoms with E-state index in [1.165, 1.54) is 0 Å². The minimum absolute atomic E-state index is 0.0158. The third-order valence-corrected chi connectivity index (χ3v) is 3.93. The van der Waals surface area contributed by atoms with Crippen LogP contribution < -0.4 is 0 Å². The number of rotatable bonds is 7. The molecule has 0 aliphatic carbocycles. The van der Waals surface area contributed by atoms with Crippen molar-refractivity contribution in [2.75, 3.05) is 0 Å². The summed E-state index contributed by atoms with van der Waals surface area (Å²) in [4.78, 5) is 11.2. The van der Waals surface area contributed by atoms with E-state index in [9.17, 15) is 9.90 Å². The third-order valence-electron chi connectivity index (χ3n) is 3.93. The maximum absolute atomic E-state index is 11.2. The van der Waals surface area contributed by atoms with Crippen molar-refractivity contribution in [3.63, 3.8) is 0 Å². The van der Waals surface area contributed by atoms with Crippen molar-refractivity contribution in [1.29, 1.82) is 0 Å². The Balaban J connectivity index is 2.19. The molecule has 2 rings (SSSR count). The SMILES string of the molecule is C=C(O)c1cccc(CC(/C=C/c2ccccc2C)CC(=O)O)c1. The van der Waals surface area contributed by atoms with Crippen molar-refractivity contribution in [3.05, 3.63) is 83.4 Å². The average Bonchev–Trinajstić information content (AvgIpc) is 2.53. The van der Waals surface area contributed by atoms with Gasteiger partial charge in [-0.2, -0.15) is 0 Å². The fourth-order valence-electron chi connectivity index (χ4n) is 2.63. The van der Waals surface area contributed by atoms with Gasteiger partial charge < -0.3 is 10.2 Å². The summed E-state index contributed by atoms with van der Waals surface area (Å²) in [5.41, 5.74) is 3.87. The van der Waals surface area contributed by atoms with Crippen molar-refractivity contribution >= 4 is 17.8 Å². The number of allylic oxidation sites excluding steroid dienone is 1. The maximum Gasteiger partial charge on any atom is 0.303 e. The number of aliphatic hydroxyl groups excluding tert-OH is 1. The second-order valence-electron chi connectivity index (χ2n) is 5.92. The fourth-order valence-corrected chi connectivity index (χ4v) is 2.63. The highest BCUT2D eigenvalue weighted by Crippen LogP contribution is 2.19. The van der Waals surface area contributed by atoms with Crippen LogP contribution in [0.4, 0.5) is 0 Å². The van der Waals surface area contributed by atoms with Crippen LogP contribution in [0.2, 0.25) is 0 Å². The number of carboxylic acids is 1. The summed E-state index contributed by atoms with van der Waals surface area (Å²) in [7, 11) is 0. The van der Waals surface area contributed by atoms with Gasteiger partial charge in [-0.15, -0.1) is 0 Å². The lowest BCUT2D eigenvalue weighted by Crippen LogP contribution is -2.08. The normalized spacial score (nSPS) is 12.2. The van der Waals surface area contributed by atoms with Gasteiger partial charge in [-0.1, -0.05) is 61.2 Å². The van der Waals surface area contributed by atoms with Crippen LogP contribution >= 0.6 is 0 Å². The maximum atomic E-state index is 11.2. The van der Waals surface area contributed by atoms with E-state index in [2.05, 4.69) is 6.58 Å². The molecule has 2 N–H and O–H groups in total. The van der Waals surface area contributed by atoms with Gasteiger partial charge in [-0.05, 0) is 42.0 Å². The van der Waals surface area contributed by atoms with E-state index in [0.717, 1.165) is 16.7 Å². The van der Waals surface area contributed by atoms with Gasteiger partial charge in [0.15, 0.2) is 0 Å². The van der Waals surface area contributed by atoms with E-state index >= 15 is 0 Å². The van der Waals surface area contributed by atoms with Crippen molar-refractivity contribution < 1.29 is 15.0 Å². The van der Waals surface area contributed by atoms with Crippen molar-refractivity contribution in [1.82, 2.24) is 0 Å². The predicted molar refractivity (Wildman–Crippen MR) is 97.8 cm³/mol. The zero-order valence-electron chi connectivity index (χ0n) is 13.8. The first-order valence-electron chi connectivity index (χ1n) is 7.88. The predicted octanol–water partition coefficient (Wildman–Crippen LogP) is 4.87. The zero-order chi connectivity index (χ0) is 17.5. The number of hydrogen-bond acceptors (Lipinski definition) is 2. The summed E-state index contributed by atoms with van der Waals surface area (Å²) < 4.78 is 0. The Bertz CT molecular complexity index is 759. The highest BCUT2D eigenvalue weighted by molar-refractivity contribution is 5.68. The lowest BCUT2D eigenvalue weighted by Gasteiger charge is -2.12. The lowest BCUT2D eigenvalue weighted by molar-refractivity contribution is -0.137. The molecule has 0 saturated carbocycles. The number of aliphatic carboxylic acids is 1. The molecular formula is C21H22O3. The molecule has 24 heavy (non-hydrogen) atoms. The standard InChI is InChI=1S/C21H22O3/c1-15-6-3-4-8-19(15)11-10-18(14-21(23)24)12-17-7-5-9-20(13-17)16(2)22/h3-11,13,18,22H,2,12,14H2,1H3,(H,23,24)/b11-10+. The molecule has 3 heteroatoms. The summed E-state index contributed by atoms with van der Waals surface area (Å²) in [6.07, 6.45) is 4.59. The highest BCUT2D eigenvalue weighted by atomic mass is 16.4. The first-order valence-corrected chi connectivity index (χ1v) is 7.88. The minimum Gasteiger partial charge on any atom is -0.508 e. The Morgan fingerprint density at radius 2 is 1.92 bits per heavy atom. The molecule has 1 atom stereocenters. The zero-order valence-corrected chi connectivity index (χ0v) is 13.8. The van der Waals surface area contributed by atoms with E-state index in [4.69, 9.17) is 5.11 Å². The topological polar surface area (TPSA) is 57.5 Å². The third kappa shape index (κ3) is 5.13. The van der Waals surface area contributed by atoms with E-state index in [1.54, 1.807) is 6.07 Å². The van der Waals surface area contributed by atoms with Crippen LogP contribution in [0.25, 0.3) is 11.8 Å². The van der Waals surface area contributed by atoms with Crippen LogP contribution in [0, 0.1) is 12.8 Å². The molecule has 0 heterocycles. The molecule has 2 aromatic carbocycles. The van der Waals surface area contributed by atoms with Crippen LogP contribution in [0.15, 0.2) is 61.2 Å². The lowest BCUT2D eigenvalue weighted by atomic mass is 9.93. The van der Waals surface area contributed by atoms with Gasteiger partial charge in [-0.25, -0.2) is 0 Å². The summed E-state index contributed by atoms with van der Waals surface area (Å²) >= 11 is 0. The Labute approximate surface area is 142 Å². The van der Waals surface area contributed by atoms with Crippen LogP contribution in [-0.4, -0.2) is 16.2 Å². The molecule has 0 aliphatic heterocycles. The quantitative estimate of drug-likeness (QED) is 0.715. The molecule has 0 saturated heterocycles. The summed E-state index contributed by atoms with van der Waals surface area (Å²) in [6.45, 7) is 5.56. The van der Waals surface area contributed by atoms with Gasteiger partial charge in [-0.3, -0.25) is 4.79 Å². The van der Waals surface area contributed by atoms with Crippen molar-refractivity contribution in [3.8, 4) is 0 Å². The number of aryl methyl sites for hydroxylation is 1. The molecule has 0 amide bonds. The Morgan fingerprint density at radius 1 is 1.17 bits per heavy atom. The number of hydrogen-bond donors (Lipinski definition) is 2. The van der Waals surface area contributed by atoms with Crippen molar-refractivity contribution in [2.24, 2.45) is 5.92 Å². The van der Waals surface area contributed by atoms with Crippen LogP contribution in [0.5, 0.6) is 0 Å². The van der Waals surface area contributed by atoms with Gasteiger partial charge >= 0.3 is 5.97 Å². The smallest absolute Gasteiger partial charge is 0.303 e. The molecule has 0 aromatic heterocycles. The first-order chi connectivity index (χ1) is 11.5. The van der Waals surface area contributed by atoms with Gasteiger partial charge in [0, 0.05) is 5.56 Å². The Kier molecular flexibility index (Phi) is 5.96. The van der Waals surface area contributed by atoms with Gasteiger partial charge in [0.05, 0.1) is 6.42 Å². The van der Waals surface area contributed by atoms with Crippen LogP contribution in [0.3, 0.4) is 0 Å². The molecule has 0 fully saturated rings. The highest BCUT2D eigenvalue weighted by Gasteiger charge is 2.12. The first kappa shape index (κ1) is 17.5. The minimum atomic E-state index is -0.822. The van der Waals surface area contributed by atoms with E-state index in [1.807, 2.05) is 61.5 Å². The molecule has 0 aliphatic rings. The molecule has 0 spiro atoms.